The fraction of sp³-hybridized carbons (Fsp3) is 0.400. The van der Waals surface area contributed by atoms with Crippen molar-refractivity contribution in [3.8, 4) is 6.07 Å². The van der Waals surface area contributed by atoms with Gasteiger partial charge in [0.2, 0.25) is 0 Å². The van der Waals surface area contributed by atoms with Crippen molar-refractivity contribution in [3.05, 3.63) is 12.7 Å². The van der Waals surface area contributed by atoms with Crippen LogP contribution in [-0.4, -0.2) is 32.4 Å². The van der Waals surface area contributed by atoms with Crippen LogP contribution >= 0.6 is 28.4 Å². The van der Waals surface area contributed by atoms with E-state index in [-0.39, 0.29) is 5.92 Å². The largest absolute Gasteiger partial charge is 0.353 e. The quantitative estimate of drug-likeness (QED) is 0.596. The molecule has 3 heterocycles. The lowest BCUT2D eigenvalue weighted by molar-refractivity contribution is 0.754. The van der Waals surface area contributed by atoms with Gasteiger partial charge >= 0.3 is 0 Å². The van der Waals surface area contributed by atoms with Crippen LogP contribution in [0, 0.1) is 17.2 Å². The second-order valence-electron chi connectivity index (χ2n) is 4.13. The summed E-state index contributed by atoms with van der Waals surface area (Å²) in [6, 6.07) is 2.32. The molecule has 2 aromatic heterocycles. The van der Waals surface area contributed by atoms with Crippen molar-refractivity contribution in [1.29, 1.82) is 5.26 Å². The van der Waals surface area contributed by atoms with Crippen LogP contribution < -0.4 is 4.90 Å². The first-order chi connectivity index (χ1) is 8.83. The van der Waals surface area contributed by atoms with Crippen LogP contribution in [0.2, 0.25) is 0 Å². The zero-order valence-corrected chi connectivity index (χ0v) is 12.6. The zero-order valence-electron chi connectivity index (χ0n) is 9.41. The molecule has 18 heavy (non-hydrogen) atoms. The summed E-state index contributed by atoms with van der Waals surface area (Å²) in [5.41, 5.74) is 1.70. The van der Waals surface area contributed by atoms with Crippen LogP contribution in [0.25, 0.3) is 11.2 Å². The molecule has 0 spiro atoms. The number of nitriles is 1. The molecule has 0 saturated carbocycles. The maximum Gasteiger partial charge on any atom is 0.169 e. The highest BCUT2D eigenvalue weighted by Crippen LogP contribution is 2.32. The van der Waals surface area contributed by atoms with Crippen LogP contribution in [0.15, 0.2) is 12.7 Å². The Morgan fingerprint density at radius 1 is 1.44 bits per heavy atom. The summed E-state index contributed by atoms with van der Waals surface area (Å²) in [6.45, 7) is 1.60. The first kappa shape index (κ1) is 12.1. The maximum absolute atomic E-state index is 8.96. The van der Waals surface area contributed by atoms with Gasteiger partial charge < -0.3 is 4.90 Å². The normalized spacial score (nSPS) is 20.0. The highest BCUT2D eigenvalue weighted by molar-refractivity contribution is 14.2. The Bertz CT molecular complexity index is 620. The first-order valence-corrected chi connectivity index (χ1v) is 9.59. The van der Waals surface area contributed by atoms with E-state index in [0.29, 0.717) is 6.37 Å². The van der Waals surface area contributed by atoms with E-state index < -0.39 is 0 Å². The first-order valence-electron chi connectivity index (χ1n) is 5.52. The lowest BCUT2D eigenvalue weighted by atomic mass is 10.1. The molecular formula is C10H10IN6P. The average molecular weight is 372 g/mol. The molecule has 8 heteroatoms. The molecule has 0 radical (unpaired) electrons. The molecule has 0 aromatic carbocycles. The molecule has 0 aliphatic carbocycles. The van der Waals surface area contributed by atoms with E-state index >= 15 is 0 Å². The second kappa shape index (κ2) is 4.94. The molecule has 6 nitrogen and oxygen atoms in total. The summed E-state index contributed by atoms with van der Waals surface area (Å²) in [6.07, 6.45) is 4.85. The molecule has 1 aliphatic heterocycles. The fourth-order valence-corrected chi connectivity index (χ4v) is 3.58. The monoisotopic (exact) mass is 372 g/mol. The fourth-order valence-electron chi connectivity index (χ4n) is 2.17. The number of hydrogen-bond acceptors (Lipinski definition) is 5. The number of rotatable bonds is 2. The number of anilines is 1. The minimum atomic E-state index is 0.101. The van der Waals surface area contributed by atoms with E-state index in [9.17, 15) is 0 Å². The number of nitrogens with zero attached hydrogens (tertiary/aromatic N) is 6. The van der Waals surface area contributed by atoms with Crippen molar-refractivity contribution >= 4 is 45.4 Å². The summed E-state index contributed by atoms with van der Waals surface area (Å²) in [7, 11) is 0. The molecule has 2 atom stereocenters. The van der Waals surface area contributed by atoms with Gasteiger partial charge in [-0.15, -0.1) is 0 Å². The van der Waals surface area contributed by atoms with E-state index in [0.717, 1.165) is 36.5 Å². The Morgan fingerprint density at radius 2 is 2.33 bits per heavy atom. The van der Waals surface area contributed by atoms with Crippen LogP contribution in [0.3, 0.4) is 0 Å². The standard InChI is InChI=1S/C10H10IN6P/c11-18-17-6-15-8-9(13-5-14-10(8)17)16-2-1-7(3-12)4-16/h5-7,18H,1-2,4H2. The Balaban J connectivity index is 2.03. The second-order valence-corrected chi connectivity index (χ2v) is 6.23. The Morgan fingerprint density at radius 3 is 3.06 bits per heavy atom. The topological polar surface area (TPSA) is 70.6 Å². The van der Waals surface area contributed by atoms with Gasteiger partial charge in [-0.1, -0.05) is 0 Å². The van der Waals surface area contributed by atoms with Crippen molar-refractivity contribution in [2.24, 2.45) is 5.92 Å². The zero-order chi connectivity index (χ0) is 12.5. The van der Waals surface area contributed by atoms with E-state index in [2.05, 4.69) is 48.0 Å². The van der Waals surface area contributed by atoms with Crippen LogP contribution in [0.5, 0.6) is 0 Å². The highest BCUT2D eigenvalue weighted by atomic mass is 127. The van der Waals surface area contributed by atoms with Crippen LogP contribution in [-0.2, 0) is 0 Å². The highest BCUT2D eigenvalue weighted by Gasteiger charge is 2.25. The van der Waals surface area contributed by atoms with Gasteiger partial charge in [-0.2, -0.15) is 5.26 Å². The van der Waals surface area contributed by atoms with Gasteiger partial charge in [0.25, 0.3) is 0 Å². The third kappa shape index (κ3) is 1.93. The van der Waals surface area contributed by atoms with E-state index in [1.54, 1.807) is 12.7 Å². The van der Waals surface area contributed by atoms with Gasteiger partial charge in [-0.3, -0.25) is 4.34 Å². The van der Waals surface area contributed by atoms with Gasteiger partial charge in [-0.05, 0) is 28.5 Å². The van der Waals surface area contributed by atoms with Crippen LogP contribution in [0.1, 0.15) is 6.42 Å². The summed E-state index contributed by atoms with van der Waals surface area (Å²) in [5, 5.41) is 8.96. The molecule has 0 bridgehead atoms. The Kier molecular flexibility index (Phi) is 3.31. The predicted octanol–water partition coefficient (Wildman–Crippen LogP) is 1.97. The summed E-state index contributed by atoms with van der Waals surface area (Å²) in [5.74, 6) is 0.953. The minimum Gasteiger partial charge on any atom is -0.353 e. The summed E-state index contributed by atoms with van der Waals surface area (Å²) >= 11 is 2.30. The smallest absolute Gasteiger partial charge is 0.169 e. The lowest BCUT2D eigenvalue weighted by Gasteiger charge is -2.16. The van der Waals surface area contributed by atoms with Crippen molar-refractivity contribution < 1.29 is 0 Å². The van der Waals surface area contributed by atoms with Crippen LogP contribution in [0.4, 0.5) is 5.82 Å². The number of hydrogen-bond donors (Lipinski definition) is 0. The third-order valence-electron chi connectivity index (χ3n) is 3.08. The molecular weight excluding hydrogens is 362 g/mol. The van der Waals surface area contributed by atoms with Gasteiger partial charge in [0.05, 0.1) is 18.4 Å². The molecule has 1 fully saturated rings. The minimum absolute atomic E-state index is 0.101. The molecule has 0 amide bonds. The van der Waals surface area contributed by atoms with Crippen molar-refractivity contribution in [2.75, 3.05) is 18.0 Å². The number of fused-ring (bicyclic) bond motifs is 1. The average Bonchev–Trinajstić information content (AvgIpc) is 3.04. The molecule has 1 aliphatic rings. The van der Waals surface area contributed by atoms with Crippen molar-refractivity contribution in [1.82, 2.24) is 19.3 Å². The predicted molar refractivity (Wildman–Crippen MR) is 79.0 cm³/mol. The van der Waals surface area contributed by atoms with Crippen molar-refractivity contribution in [2.45, 2.75) is 6.42 Å². The van der Waals surface area contributed by atoms with E-state index in [1.807, 2.05) is 4.34 Å². The summed E-state index contributed by atoms with van der Waals surface area (Å²) < 4.78 is 2.01. The number of halogens is 1. The molecule has 2 unspecified atom stereocenters. The molecule has 2 aromatic rings. The van der Waals surface area contributed by atoms with Gasteiger partial charge in [0.15, 0.2) is 17.0 Å². The van der Waals surface area contributed by atoms with Crippen molar-refractivity contribution in [3.63, 3.8) is 0 Å². The molecule has 0 N–H and O–H groups in total. The molecule has 3 rings (SSSR count). The van der Waals surface area contributed by atoms with Gasteiger partial charge in [0, 0.05) is 13.1 Å². The Hall–Kier alpha value is -1.00. The Labute approximate surface area is 119 Å². The van der Waals surface area contributed by atoms with Gasteiger partial charge in [0.1, 0.15) is 12.7 Å². The van der Waals surface area contributed by atoms with E-state index in [1.165, 1.54) is 0 Å². The maximum atomic E-state index is 8.96. The molecule has 1 saturated heterocycles. The van der Waals surface area contributed by atoms with Gasteiger partial charge in [-0.25, -0.2) is 15.0 Å². The van der Waals surface area contributed by atoms with E-state index in [4.69, 9.17) is 5.26 Å². The SMILES string of the molecule is N#CC1CCN(c2ncnc3c2ncn3PI)C1. The summed E-state index contributed by atoms with van der Waals surface area (Å²) in [4.78, 5) is 15.1. The number of imidazole rings is 1. The third-order valence-corrected chi connectivity index (χ3v) is 5.14. The molecule has 92 valence electrons. The lowest BCUT2D eigenvalue weighted by Crippen LogP contribution is -2.21. The number of aromatic nitrogens is 4.